The highest BCUT2D eigenvalue weighted by atomic mass is 32.2. The number of pyridine rings is 1. The van der Waals surface area contributed by atoms with Gasteiger partial charge in [-0.25, -0.2) is 22.7 Å². The Kier molecular flexibility index (Phi) is 5.65. The third-order valence-electron chi connectivity index (χ3n) is 5.33. The van der Waals surface area contributed by atoms with Crippen molar-refractivity contribution in [2.75, 3.05) is 18.8 Å². The smallest absolute Gasteiger partial charge is 0.214 e. The maximum atomic E-state index is 12.7. The number of piperidine rings is 1. The van der Waals surface area contributed by atoms with Crippen molar-refractivity contribution in [2.45, 2.75) is 33.1 Å². The lowest BCUT2D eigenvalue weighted by molar-refractivity contribution is 0.263. The van der Waals surface area contributed by atoms with E-state index >= 15 is 0 Å². The maximum Gasteiger partial charge on any atom is 0.214 e. The van der Waals surface area contributed by atoms with Crippen LogP contribution in [0.4, 0.5) is 0 Å². The molecule has 4 rings (SSSR count). The molecule has 0 saturated carbocycles. The number of fused-ring (bicyclic) bond motifs is 1. The van der Waals surface area contributed by atoms with Gasteiger partial charge in [-0.15, -0.1) is 0 Å². The largest absolute Gasteiger partial charge is 0.345 e. The van der Waals surface area contributed by atoms with Crippen molar-refractivity contribution >= 4 is 21.2 Å². The van der Waals surface area contributed by atoms with Crippen LogP contribution in [0.15, 0.2) is 36.8 Å². The molecule has 0 bridgehead atoms. The van der Waals surface area contributed by atoms with Crippen molar-refractivity contribution in [3.63, 3.8) is 0 Å². The Morgan fingerprint density at radius 2 is 2.14 bits per heavy atom. The minimum Gasteiger partial charge on any atom is -0.345 e. The fourth-order valence-electron chi connectivity index (χ4n) is 4.04. The second kappa shape index (κ2) is 8.20. The van der Waals surface area contributed by atoms with Crippen LogP contribution in [-0.4, -0.2) is 51.5 Å². The van der Waals surface area contributed by atoms with Gasteiger partial charge in [-0.3, -0.25) is 4.98 Å². The number of hydrogen-bond acceptors (Lipinski definition) is 5. The molecule has 1 aliphatic rings. The van der Waals surface area contributed by atoms with E-state index in [4.69, 9.17) is 4.98 Å². The Bertz CT molecular complexity index is 1090. The number of rotatable bonds is 6. The van der Waals surface area contributed by atoms with Crippen LogP contribution in [0.3, 0.4) is 0 Å². The number of aromatic amines is 1. The minimum absolute atomic E-state index is 0.129. The van der Waals surface area contributed by atoms with E-state index in [9.17, 15) is 8.42 Å². The first kappa shape index (κ1) is 20.0. The van der Waals surface area contributed by atoms with Crippen molar-refractivity contribution in [1.29, 1.82) is 0 Å². The molecule has 154 valence electrons. The van der Waals surface area contributed by atoms with Crippen LogP contribution in [0.25, 0.3) is 22.4 Å². The predicted molar refractivity (Wildman–Crippen MR) is 114 cm³/mol. The first-order valence-electron chi connectivity index (χ1n) is 10.1. The second-order valence-electron chi connectivity index (χ2n) is 8.21. The first-order chi connectivity index (χ1) is 13.9. The summed E-state index contributed by atoms with van der Waals surface area (Å²) in [4.78, 5) is 16.8. The van der Waals surface area contributed by atoms with E-state index in [2.05, 4.69) is 15.0 Å². The summed E-state index contributed by atoms with van der Waals surface area (Å²) in [5.74, 6) is 0.592. The molecule has 0 aliphatic carbocycles. The summed E-state index contributed by atoms with van der Waals surface area (Å²) in [5, 5.41) is 0. The summed E-state index contributed by atoms with van der Waals surface area (Å²) in [7, 11) is -3.20. The molecule has 1 aliphatic heterocycles. The number of hydrogen-bond donors (Lipinski definition) is 1. The van der Waals surface area contributed by atoms with E-state index in [1.54, 1.807) is 16.7 Å². The van der Waals surface area contributed by atoms with Crippen molar-refractivity contribution in [3.8, 4) is 11.3 Å². The Hall–Kier alpha value is -2.32. The van der Waals surface area contributed by atoms with Crippen LogP contribution in [0.5, 0.6) is 0 Å². The lowest BCUT2D eigenvalue weighted by Crippen LogP contribution is -2.42. The second-order valence-corrected chi connectivity index (χ2v) is 10.2. The van der Waals surface area contributed by atoms with Gasteiger partial charge in [-0.1, -0.05) is 13.8 Å². The lowest BCUT2D eigenvalue weighted by Gasteiger charge is -2.32. The van der Waals surface area contributed by atoms with Gasteiger partial charge < -0.3 is 4.98 Å². The van der Waals surface area contributed by atoms with Crippen LogP contribution in [0.1, 0.15) is 32.4 Å². The number of nitrogens with zero attached hydrogens (tertiary/aromatic N) is 4. The summed E-state index contributed by atoms with van der Waals surface area (Å²) >= 11 is 0. The summed E-state index contributed by atoms with van der Waals surface area (Å²) in [6.45, 7) is 5.08. The van der Waals surface area contributed by atoms with E-state index in [0.29, 0.717) is 13.1 Å². The Morgan fingerprint density at radius 1 is 1.28 bits per heavy atom. The van der Waals surface area contributed by atoms with Crippen molar-refractivity contribution in [2.24, 2.45) is 11.8 Å². The zero-order valence-corrected chi connectivity index (χ0v) is 17.7. The molecule has 3 aromatic rings. The maximum absolute atomic E-state index is 12.7. The van der Waals surface area contributed by atoms with Crippen molar-refractivity contribution < 1.29 is 8.42 Å². The molecule has 7 nitrogen and oxygen atoms in total. The van der Waals surface area contributed by atoms with Gasteiger partial charge in [0.25, 0.3) is 0 Å². The molecule has 0 spiro atoms. The molecule has 1 N–H and O–H groups in total. The van der Waals surface area contributed by atoms with E-state index < -0.39 is 10.0 Å². The molecule has 0 aromatic carbocycles. The highest BCUT2D eigenvalue weighted by Crippen LogP contribution is 2.28. The Morgan fingerprint density at radius 3 is 2.97 bits per heavy atom. The molecule has 3 aromatic heterocycles. The molecule has 29 heavy (non-hydrogen) atoms. The molecule has 0 radical (unpaired) electrons. The zero-order chi connectivity index (χ0) is 20.4. The Labute approximate surface area is 171 Å². The van der Waals surface area contributed by atoms with Crippen LogP contribution in [-0.2, 0) is 16.4 Å². The average Bonchev–Trinajstić information content (AvgIpc) is 3.15. The van der Waals surface area contributed by atoms with E-state index in [1.165, 1.54) is 0 Å². The van der Waals surface area contributed by atoms with Gasteiger partial charge in [0.2, 0.25) is 10.0 Å². The molecular weight excluding hydrogens is 386 g/mol. The molecular formula is C21H27N5O2S. The van der Waals surface area contributed by atoms with Gasteiger partial charge in [0.1, 0.15) is 5.52 Å². The normalized spacial score (nSPS) is 18.5. The molecule has 1 atom stereocenters. The van der Waals surface area contributed by atoms with Crippen molar-refractivity contribution in [1.82, 2.24) is 24.2 Å². The van der Waals surface area contributed by atoms with Gasteiger partial charge in [-0.05, 0) is 49.3 Å². The highest BCUT2D eigenvalue weighted by Gasteiger charge is 2.30. The summed E-state index contributed by atoms with van der Waals surface area (Å²) in [5.41, 5.74) is 4.29. The van der Waals surface area contributed by atoms with Crippen LogP contribution in [0.2, 0.25) is 0 Å². The van der Waals surface area contributed by atoms with E-state index in [1.807, 2.05) is 38.2 Å². The number of H-pyrrole nitrogens is 1. The van der Waals surface area contributed by atoms with E-state index in [0.717, 1.165) is 47.4 Å². The Balaban J connectivity index is 1.55. The molecule has 1 saturated heterocycles. The standard InChI is InChI=1S/C21H27N5O2S/c1-15(2)14-29(27,28)26-10-4-5-16(13-26)11-19-17(6-3-8-22-19)20-12-24-21-18(25-20)7-9-23-21/h3,6-9,12,15-16H,4-5,10-11,13-14H2,1-2H3,(H,23,24)/t16-/m1/s1. The molecule has 1 fully saturated rings. The van der Waals surface area contributed by atoms with Gasteiger partial charge in [0, 0.05) is 31.0 Å². The molecule has 0 amide bonds. The fraction of sp³-hybridized carbons (Fsp3) is 0.476. The van der Waals surface area contributed by atoms with Gasteiger partial charge in [0.05, 0.1) is 23.3 Å². The van der Waals surface area contributed by atoms with Crippen LogP contribution in [0, 0.1) is 11.8 Å². The van der Waals surface area contributed by atoms with Gasteiger partial charge >= 0.3 is 0 Å². The molecule has 0 unspecified atom stereocenters. The summed E-state index contributed by atoms with van der Waals surface area (Å²) < 4.78 is 27.0. The summed E-state index contributed by atoms with van der Waals surface area (Å²) in [6, 6.07) is 5.82. The monoisotopic (exact) mass is 413 g/mol. The fourth-order valence-corrected chi connectivity index (χ4v) is 5.94. The summed E-state index contributed by atoms with van der Waals surface area (Å²) in [6.07, 6.45) is 8.01. The quantitative estimate of drug-likeness (QED) is 0.670. The minimum atomic E-state index is -3.20. The number of sulfonamides is 1. The first-order valence-corrected chi connectivity index (χ1v) is 11.8. The SMILES string of the molecule is CC(C)CS(=O)(=O)N1CCC[C@H](Cc2ncccc2-c2cnc3[nH]ccc3n2)C1. The number of aromatic nitrogens is 4. The van der Waals surface area contributed by atoms with Gasteiger partial charge in [-0.2, -0.15) is 0 Å². The average molecular weight is 414 g/mol. The molecule has 4 heterocycles. The third kappa shape index (κ3) is 4.48. The van der Waals surface area contributed by atoms with Crippen molar-refractivity contribution in [3.05, 3.63) is 42.5 Å². The zero-order valence-electron chi connectivity index (χ0n) is 16.9. The van der Waals surface area contributed by atoms with Crippen LogP contribution < -0.4 is 0 Å². The van der Waals surface area contributed by atoms with Crippen LogP contribution >= 0.6 is 0 Å². The topological polar surface area (TPSA) is 91.8 Å². The van der Waals surface area contributed by atoms with E-state index in [-0.39, 0.29) is 17.6 Å². The lowest BCUT2D eigenvalue weighted by atomic mass is 9.92. The van der Waals surface area contributed by atoms with Gasteiger partial charge in [0.15, 0.2) is 5.65 Å². The third-order valence-corrected chi connectivity index (χ3v) is 7.53. The molecule has 8 heteroatoms. The predicted octanol–water partition coefficient (Wildman–Crippen LogP) is 3.26. The highest BCUT2D eigenvalue weighted by molar-refractivity contribution is 7.89. The number of nitrogens with one attached hydrogen (secondary N) is 1.